The number of carbonyl (C=O) groups is 2. The highest BCUT2D eigenvalue weighted by Crippen LogP contribution is 2.41. The summed E-state index contributed by atoms with van der Waals surface area (Å²) in [5.41, 5.74) is 0.882. The maximum Gasteiger partial charge on any atom is 0.307 e. The molecule has 0 bridgehead atoms. The molecule has 10 heteroatoms. The van der Waals surface area contributed by atoms with Crippen molar-refractivity contribution >= 4 is 34.4 Å². The Kier molecular flexibility index (Phi) is 6.37. The van der Waals surface area contributed by atoms with Gasteiger partial charge in [-0.05, 0) is 17.7 Å². The van der Waals surface area contributed by atoms with Gasteiger partial charge in [-0.1, -0.05) is 23.7 Å². The molecule has 0 aliphatic carbocycles. The molecular formula is C21H20ClFN2O6. The van der Waals surface area contributed by atoms with Gasteiger partial charge in [0.2, 0.25) is 0 Å². The van der Waals surface area contributed by atoms with Crippen LogP contribution in [-0.2, 0) is 18.3 Å². The van der Waals surface area contributed by atoms with E-state index in [9.17, 15) is 24.2 Å². The zero-order chi connectivity index (χ0) is 22.9. The fourth-order valence-corrected chi connectivity index (χ4v) is 3.60. The van der Waals surface area contributed by atoms with E-state index in [1.807, 2.05) is 0 Å². The molecule has 3 aromatic rings. The van der Waals surface area contributed by atoms with E-state index in [2.05, 4.69) is 5.32 Å². The summed E-state index contributed by atoms with van der Waals surface area (Å²) in [5.74, 6) is -2.48. The van der Waals surface area contributed by atoms with E-state index >= 15 is 0 Å². The van der Waals surface area contributed by atoms with Gasteiger partial charge in [-0.3, -0.25) is 9.59 Å². The second-order valence-electron chi connectivity index (χ2n) is 6.90. The number of halogens is 2. The summed E-state index contributed by atoms with van der Waals surface area (Å²) in [5, 5.41) is 31.8. The van der Waals surface area contributed by atoms with Gasteiger partial charge in [0.25, 0.3) is 5.91 Å². The summed E-state index contributed by atoms with van der Waals surface area (Å²) in [6.07, 6.45) is -0.348. The Balaban J connectivity index is 1.93. The van der Waals surface area contributed by atoms with Gasteiger partial charge in [-0.25, -0.2) is 4.39 Å². The quantitative estimate of drug-likeness (QED) is 0.439. The maximum atomic E-state index is 14.5. The molecule has 1 amide bonds. The average Bonchev–Trinajstić information content (AvgIpc) is 3.05. The number of aliphatic carboxylic acids is 1. The van der Waals surface area contributed by atoms with E-state index < -0.39 is 30.3 Å². The van der Waals surface area contributed by atoms with Gasteiger partial charge in [0.1, 0.15) is 28.0 Å². The molecule has 0 aliphatic rings. The Morgan fingerprint density at radius 3 is 2.58 bits per heavy atom. The number of carboxylic acids is 1. The monoisotopic (exact) mass is 450 g/mol. The van der Waals surface area contributed by atoms with E-state index in [4.69, 9.17) is 21.4 Å². The number of phenolic OH excluding ortho intramolecular Hbond substituents is 1. The van der Waals surface area contributed by atoms with Crippen LogP contribution in [-0.4, -0.2) is 45.5 Å². The van der Waals surface area contributed by atoms with E-state index in [-0.39, 0.29) is 39.8 Å². The summed E-state index contributed by atoms with van der Waals surface area (Å²) >= 11 is 6.07. The van der Waals surface area contributed by atoms with Crippen molar-refractivity contribution in [1.29, 1.82) is 0 Å². The minimum atomic E-state index is -1.10. The standard InChI is InChI=1S/C21H20ClFN2O6/c1-25-15-8-17(31-2)19(22)20(29)12(15)7-16(25)21(30)24-14(9-26)11-4-3-10(5-13(11)23)6-18(27)28/h3-5,7-8,14,26,29H,6,9H2,1-2H3,(H,24,30)(H,27,28)/t14-/m1/s1. The highest BCUT2D eigenvalue weighted by Gasteiger charge is 2.23. The SMILES string of the molecule is COc1cc2c(cc(C(=O)N[C@H](CO)c3ccc(CC(=O)O)cc3F)n2C)c(O)c1Cl. The summed E-state index contributed by atoms with van der Waals surface area (Å²) in [6.45, 7) is -0.588. The Morgan fingerprint density at radius 2 is 2.00 bits per heavy atom. The highest BCUT2D eigenvalue weighted by atomic mass is 35.5. The van der Waals surface area contributed by atoms with Crippen LogP contribution < -0.4 is 10.1 Å². The van der Waals surface area contributed by atoms with Gasteiger partial charge in [0.15, 0.2) is 0 Å². The predicted octanol–water partition coefficient (Wildman–Crippen LogP) is 2.78. The first-order valence-corrected chi connectivity index (χ1v) is 9.52. The van der Waals surface area contributed by atoms with Gasteiger partial charge in [0, 0.05) is 24.1 Å². The first kappa shape index (κ1) is 22.4. The number of amides is 1. The lowest BCUT2D eigenvalue weighted by Gasteiger charge is -2.18. The molecule has 3 rings (SSSR count). The number of hydrogen-bond acceptors (Lipinski definition) is 5. The van der Waals surface area contributed by atoms with Crippen molar-refractivity contribution in [2.75, 3.05) is 13.7 Å². The number of aliphatic hydroxyl groups excluding tert-OH is 1. The lowest BCUT2D eigenvalue weighted by molar-refractivity contribution is -0.136. The first-order chi connectivity index (χ1) is 14.7. The number of rotatable bonds is 7. The van der Waals surface area contributed by atoms with Crippen molar-refractivity contribution in [3.8, 4) is 11.5 Å². The van der Waals surface area contributed by atoms with Crippen molar-refractivity contribution in [1.82, 2.24) is 9.88 Å². The molecule has 0 fully saturated rings. The van der Waals surface area contributed by atoms with Gasteiger partial charge < -0.3 is 29.9 Å². The zero-order valence-corrected chi connectivity index (χ0v) is 17.4. The molecule has 0 unspecified atom stereocenters. The molecule has 1 aromatic heterocycles. The van der Waals surface area contributed by atoms with E-state index in [1.54, 1.807) is 13.1 Å². The number of nitrogens with zero attached hydrogens (tertiary/aromatic N) is 1. The van der Waals surface area contributed by atoms with E-state index in [0.29, 0.717) is 10.9 Å². The number of benzene rings is 2. The van der Waals surface area contributed by atoms with Crippen LogP contribution in [0.4, 0.5) is 4.39 Å². The number of hydrogen-bond donors (Lipinski definition) is 4. The molecule has 0 saturated carbocycles. The van der Waals surface area contributed by atoms with Gasteiger partial charge in [-0.15, -0.1) is 0 Å². The average molecular weight is 451 g/mol. The first-order valence-electron chi connectivity index (χ1n) is 9.14. The molecule has 0 radical (unpaired) electrons. The van der Waals surface area contributed by atoms with Crippen LogP contribution in [0.1, 0.15) is 27.7 Å². The number of phenols is 1. The number of fused-ring (bicyclic) bond motifs is 1. The van der Waals surface area contributed by atoms with Gasteiger partial charge in [-0.2, -0.15) is 0 Å². The Bertz CT molecular complexity index is 1180. The third-order valence-electron chi connectivity index (χ3n) is 4.96. The lowest BCUT2D eigenvalue weighted by atomic mass is 10.0. The van der Waals surface area contributed by atoms with Crippen molar-refractivity contribution in [2.45, 2.75) is 12.5 Å². The minimum absolute atomic E-state index is 0.00400. The largest absolute Gasteiger partial charge is 0.506 e. The Morgan fingerprint density at radius 1 is 1.29 bits per heavy atom. The number of aromatic nitrogens is 1. The van der Waals surface area contributed by atoms with Gasteiger partial charge in [0.05, 0.1) is 31.7 Å². The van der Waals surface area contributed by atoms with Crippen LogP contribution in [0.3, 0.4) is 0 Å². The van der Waals surface area contributed by atoms with E-state index in [0.717, 1.165) is 6.07 Å². The van der Waals surface area contributed by atoms with Crippen LogP contribution >= 0.6 is 11.6 Å². The fraction of sp³-hybridized carbons (Fsp3) is 0.238. The summed E-state index contributed by atoms with van der Waals surface area (Å²) in [6, 6.07) is 5.72. The number of aromatic hydroxyl groups is 1. The Labute approximate surface area is 181 Å². The molecule has 1 heterocycles. The Hall–Kier alpha value is -3.30. The summed E-state index contributed by atoms with van der Waals surface area (Å²) < 4.78 is 21.1. The van der Waals surface area contributed by atoms with Crippen LogP contribution in [0.25, 0.3) is 10.9 Å². The highest BCUT2D eigenvalue weighted by molar-refractivity contribution is 6.34. The molecule has 8 nitrogen and oxygen atoms in total. The van der Waals surface area contributed by atoms with Crippen molar-refractivity contribution in [3.63, 3.8) is 0 Å². The zero-order valence-electron chi connectivity index (χ0n) is 16.6. The molecule has 31 heavy (non-hydrogen) atoms. The summed E-state index contributed by atoms with van der Waals surface area (Å²) in [4.78, 5) is 23.7. The maximum absolute atomic E-state index is 14.5. The second kappa shape index (κ2) is 8.83. The number of nitrogens with one attached hydrogen (secondary N) is 1. The van der Waals surface area contributed by atoms with Crippen molar-refractivity contribution in [2.24, 2.45) is 7.05 Å². The van der Waals surface area contributed by atoms with Crippen LogP contribution in [0.2, 0.25) is 5.02 Å². The van der Waals surface area contributed by atoms with Crippen LogP contribution in [0, 0.1) is 5.82 Å². The second-order valence-corrected chi connectivity index (χ2v) is 7.28. The number of carbonyl (C=O) groups excluding carboxylic acids is 1. The van der Waals surface area contributed by atoms with Crippen LogP contribution in [0.15, 0.2) is 30.3 Å². The normalized spacial score (nSPS) is 12.0. The molecule has 0 saturated heterocycles. The smallest absolute Gasteiger partial charge is 0.307 e. The molecule has 4 N–H and O–H groups in total. The molecule has 0 spiro atoms. The molecular weight excluding hydrogens is 431 g/mol. The lowest BCUT2D eigenvalue weighted by Crippen LogP contribution is -2.32. The number of methoxy groups -OCH3 is 1. The number of carboxylic acid groups (broad SMARTS) is 1. The number of aliphatic hydroxyl groups is 1. The third kappa shape index (κ3) is 4.28. The minimum Gasteiger partial charge on any atom is -0.506 e. The molecule has 0 aliphatic heterocycles. The van der Waals surface area contributed by atoms with E-state index in [1.165, 1.54) is 29.9 Å². The van der Waals surface area contributed by atoms with Crippen molar-refractivity contribution in [3.05, 3.63) is 58.0 Å². The molecule has 164 valence electrons. The molecule has 1 atom stereocenters. The van der Waals surface area contributed by atoms with Crippen LogP contribution in [0.5, 0.6) is 11.5 Å². The fourth-order valence-electron chi connectivity index (χ4n) is 3.36. The molecule has 2 aromatic carbocycles. The predicted molar refractivity (Wildman–Crippen MR) is 111 cm³/mol. The summed E-state index contributed by atoms with van der Waals surface area (Å²) in [7, 11) is 2.99. The number of aryl methyl sites for hydroxylation is 1. The third-order valence-corrected chi connectivity index (χ3v) is 5.33. The topological polar surface area (TPSA) is 121 Å². The number of ether oxygens (including phenoxy) is 1. The van der Waals surface area contributed by atoms with Crippen molar-refractivity contribution < 1.29 is 34.0 Å². The van der Waals surface area contributed by atoms with Gasteiger partial charge >= 0.3 is 5.97 Å².